The van der Waals surface area contributed by atoms with E-state index in [1.165, 1.54) is 47.9 Å². The van der Waals surface area contributed by atoms with Gasteiger partial charge in [0.1, 0.15) is 0 Å². The second-order valence-electron chi connectivity index (χ2n) is 5.36. The predicted octanol–water partition coefficient (Wildman–Crippen LogP) is 5.47. The van der Waals surface area contributed by atoms with Gasteiger partial charge < -0.3 is 5.32 Å². The van der Waals surface area contributed by atoms with Gasteiger partial charge in [-0.1, -0.05) is 31.8 Å². The van der Waals surface area contributed by atoms with Crippen LogP contribution < -0.4 is 5.32 Å². The minimum Gasteiger partial charge on any atom is -0.313 e. The number of hydrogen-bond donors (Lipinski definition) is 1. The summed E-state index contributed by atoms with van der Waals surface area (Å²) in [6.07, 6.45) is 10.6. The van der Waals surface area contributed by atoms with E-state index in [9.17, 15) is 0 Å². The Balaban J connectivity index is 2.08. The molecule has 1 aliphatic carbocycles. The molecule has 3 heteroatoms. The Morgan fingerprint density at radius 3 is 2.84 bits per heavy atom. The van der Waals surface area contributed by atoms with Crippen molar-refractivity contribution < 1.29 is 0 Å². The maximum Gasteiger partial charge on any atom is 0.0412 e. The third kappa shape index (κ3) is 4.73. The number of thiophene rings is 1. The molecular formula is C16H24BrNS. The van der Waals surface area contributed by atoms with Crippen LogP contribution in [0.4, 0.5) is 0 Å². The topological polar surface area (TPSA) is 12.0 Å². The summed E-state index contributed by atoms with van der Waals surface area (Å²) < 4.78 is 1.24. The van der Waals surface area contributed by atoms with Gasteiger partial charge in [-0.05, 0) is 65.2 Å². The molecule has 1 heterocycles. The molecule has 1 fully saturated rings. The summed E-state index contributed by atoms with van der Waals surface area (Å²) in [6, 6.07) is 2.15. The highest BCUT2D eigenvalue weighted by atomic mass is 79.9. The first kappa shape index (κ1) is 15.3. The molecular weight excluding hydrogens is 318 g/mol. The Morgan fingerprint density at radius 1 is 1.42 bits per heavy atom. The van der Waals surface area contributed by atoms with Crippen LogP contribution in [-0.2, 0) is 0 Å². The van der Waals surface area contributed by atoms with Crippen LogP contribution >= 0.6 is 27.3 Å². The van der Waals surface area contributed by atoms with Crippen molar-refractivity contribution in [1.29, 1.82) is 0 Å². The van der Waals surface area contributed by atoms with Crippen LogP contribution in [0.3, 0.4) is 0 Å². The quantitative estimate of drug-likeness (QED) is 0.676. The van der Waals surface area contributed by atoms with Gasteiger partial charge in [-0.15, -0.1) is 11.3 Å². The van der Waals surface area contributed by atoms with Crippen molar-refractivity contribution in [3.63, 3.8) is 0 Å². The first-order chi connectivity index (χ1) is 9.31. The van der Waals surface area contributed by atoms with Gasteiger partial charge in [-0.2, -0.15) is 0 Å². The van der Waals surface area contributed by atoms with E-state index in [1.54, 1.807) is 5.57 Å². The van der Waals surface area contributed by atoms with Crippen molar-refractivity contribution in [2.75, 3.05) is 13.1 Å². The maximum absolute atomic E-state index is 3.65. The Kier molecular flexibility index (Phi) is 6.62. The molecule has 0 atom stereocenters. The molecule has 0 saturated heterocycles. The molecule has 0 aromatic carbocycles. The zero-order valence-electron chi connectivity index (χ0n) is 11.8. The van der Waals surface area contributed by atoms with E-state index < -0.39 is 0 Å². The van der Waals surface area contributed by atoms with Crippen LogP contribution in [0.1, 0.15) is 50.3 Å². The minimum absolute atomic E-state index is 0.798. The van der Waals surface area contributed by atoms with E-state index in [2.05, 4.69) is 45.7 Å². The molecule has 0 amide bonds. The zero-order chi connectivity index (χ0) is 13.5. The molecule has 0 aliphatic heterocycles. The smallest absolute Gasteiger partial charge is 0.0412 e. The Labute approximate surface area is 129 Å². The van der Waals surface area contributed by atoms with Gasteiger partial charge in [0.15, 0.2) is 0 Å². The molecule has 19 heavy (non-hydrogen) atoms. The number of nitrogens with one attached hydrogen (secondary N) is 1. The molecule has 0 bridgehead atoms. The van der Waals surface area contributed by atoms with E-state index >= 15 is 0 Å². The molecule has 1 N–H and O–H groups in total. The number of hydrogen-bond acceptors (Lipinski definition) is 2. The zero-order valence-corrected chi connectivity index (χ0v) is 14.2. The van der Waals surface area contributed by atoms with Gasteiger partial charge in [0.2, 0.25) is 0 Å². The van der Waals surface area contributed by atoms with Crippen molar-refractivity contribution in [3.05, 3.63) is 26.4 Å². The summed E-state index contributed by atoms with van der Waals surface area (Å²) in [4.78, 5) is 1.37. The van der Waals surface area contributed by atoms with Crippen LogP contribution in [0.5, 0.6) is 0 Å². The lowest BCUT2D eigenvalue weighted by atomic mass is 9.83. The Bertz CT molecular complexity index is 405. The summed E-state index contributed by atoms with van der Waals surface area (Å²) in [7, 11) is 0. The van der Waals surface area contributed by atoms with Gasteiger partial charge in [0.05, 0.1) is 0 Å². The lowest BCUT2D eigenvalue weighted by Gasteiger charge is -2.25. The number of rotatable bonds is 6. The fourth-order valence-electron chi connectivity index (χ4n) is 2.77. The van der Waals surface area contributed by atoms with Crippen molar-refractivity contribution >= 4 is 33.3 Å². The van der Waals surface area contributed by atoms with E-state index in [0.717, 1.165) is 19.0 Å². The van der Waals surface area contributed by atoms with Crippen LogP contribution in [0.15, 0.2) is 21.5 Å². The Hall–Kier alpha value is -0.120. The molecule has 0 radical (unpaired) electrons. The van der Waals surface area contributed by atoms with Gasteiger partial charge >= 0.3 is 0 Å². The second kappa shape index (κ2) is 8.23. The largest absolute Gasteiger partial charge is 0.313 e. The van der Waals surface area contributed by atoms with Crippen LogP contribution in [-0.4, -0.2) is 13.1 Å². The lowest BCUT2D eigenvalue weighted by molar-refractivity contribution is 0.397. The molecule has 1 aromatic rings. The van der Waals surface area contributed by atoms with Crippen molar-refractivity contribution in [3.8, 4) is 0 Å². The average molecular weight is 342 g/mol. The van der Waals surface area contributed by atoms with Gasteiger partial charge in [0.25, 0.3) is 0 Å². The SMILES string of the molecule is CCCNC/C(=C/c1sccc1Br)C1CCCCC1. The molecule has 1 nitrogen and oxygen atoms in total. The van der Waals surface area contributed by atoms with E-state index in [-0.39, 0.29) is 0 Å². The normalized spacial score (nSPS) is 17.9. The van der Waals surface area contributed by atoms with Crippen molar-refractivity contribution in [2.24, 2.45) is 5.92 Å². The summed E-state index contributed by atoms with van der Waals surface area (Å²) in [5, 5.41) is 5.75. The van der Waals surface area contributed by atoms with Crippen molar-refractivity contribution in [1.82, 2.24) is 5.32 Å². The fraction of sp³-hybridized carbons (Fsp3) is 0.625. The minimum atomic E-state index is 0.798. The summed E-state index contributed by atoms with van der Waals surface area (Å²) in [5.41, 5.74) is 1.61. The third-order valence-corrected chi connectivity index (χ3v) is 5.66. The molecule has 1 aromatic heterocycles. The van der Waals surface area contributed by atoms with Crippen LogP contribution in [0, 0.1) is 5.92 Å². The molecule has 0 spiro atoms. The highest BCUT2D eigenvalue weighted by Gasteiger charge is 2.18. The van der Waals surface area contributed by atoms with E-state index in [0.29, 0.717) is 0 Å². The molecule has 2 rings (SSSR count). The fourth-order valence-corrected chi connectivity index (χ4v) is 4.23. The molecule has 106 valence electrons. The standard InChI is InChI=1S/C16H24BrNS/c1-2-9-18-12-14(13-6-4-3-5-7-13)11-16-15(17)8-10-19-16/h8,10-11,13,18H,2-7,9,12H2,1H3/b14-11-. The average Bonchev–Trinajstić information content (AvgIpc) is 2.84. The van der Waals surface area contributed by atoms with Gasteiger partial charge in [-0.25, -0.2) is 0 Å². The number of halogens is 1. The summed E-state index contributed by atoms with van der Waals surface area (Å²) in [6.45, 7) is 4.41. The van der Waals surface area contributed by atoms with Gasteiger partial charge in [-0.3, -0.25) is 0 Å². The highest BCUT2D eigenvalue weighted by Crippen LogP contribution is 2.33. The maximum atomic E-state index is 3.65. The first-order valence-corrected chi connectivity index (χ1v) is 9.12. The van der Waals surface area contributed by atoms with Gasteiger partial charge in [0, 0.05) is 15.9 Å². The molecule has 1 saturated carbocycles. The van der Waals surface area contributed by atoms with E-state index in [4.69, 9.17) is 0 Å². The first-order valence-electron chi connectivity index (χ1n) is 7.45. The summed E-state index contributed by atoms with van der Waals surface area (Å²) >= 11 is 5.48. The molecule has 1 aliphatic rings. The van der Waals surface area contributed by atoms with E-state index in [1.807, 2.05) is 11.3 Å². The highest BCUT2D eigenvalue weighted by molar-refractivity contribution is 9.10. The Morgan fingerprint density at radius 2 is 2.21 bits per heavy atom. The lowest BCUT2D eigenvalue weighted by Crippen LogP contribution is -2.22. The van der Waals surface area contributed by atoms with Crippen LogP contribution in [0.2, 0.25) is 0 Å². The second-order valence-corrected chi connectivity index (χ2v) is 7.17. The monoisotopic (exact) mass is 341 g/mol. The van der Waals surface area contributed by atoms with Crippen LogP contribution in [0.25, 0.3) is 6.08 Å². The predicted molar refractivity (Wildman–Crippen MR) is 89.7 cm³/mol. The third-order valence-electron chi connectivity index (χ3n) is 3.85. The van der Waals surface area contributed by atoms with Crippen molar-refractivity contribution in [2.45, 2.75) is 45.4 Å². The summed E-state index contributed by atoms with van der Waals surface area (Å²) in [5.74, 6) is 0.798. The molecule has 0 unspecified atom stereocenters.